The average Bonchev–Trinajstić information content (AvgIpc) is 2.74. The maximum Gasteiger partial charge on any atom is 0.178 e. The molecule has 102 valence electrons. The molecule has 0 aliphatic heterocycles. The zero-order valence-corrected chi connectivity index (χ0v) is 12.0. The van der Waals surface area contributed by atoms with Crippen molar-refractivity contribution in [2.24, 2.45) is 5.92 Å². The second kappa shape index (κ2) is 5.08. The van der Waals surface area contributed by atoms with Crippen LogP contribution < -0.4 is 0 Å². The zero-order valence-electron chi connectivity index (χ0n) is 11.2. The first kappa shape index (κ1) is 12.9. The van der Waals surface area contributed by atoms with Gasteiger partial charge >= 0.3 is 0 Å². The summed E-state index contributed by atoms with van der Waals surface area (Å²) in [6, 6.07) is 5.27. The molecule has 1 aromatic carbocycles. The average molecular weight is 278 g/mol. The van der Waals surface area contributed by atoms with Crippen LogP contribution in [0.25, 0.3) is 11.0 Å². The van der Waals surface area contributed by atoms with E-state index >= 15 is 0 Å². The summed E-state index contributed by atoms with van der Waals surface area (Å²) in [6.07, 6.45) is 6.09. The van der Waals surface area contributed by atoms with Gasteiger partial charge in [-0.25, -0.2) is 4.39 Å². The highest BCUT2D eigenvalue weighted by Crippen LogP contribution is 2.36. The molecule has 2 atom stereocenters. The van der Waals surface area contributed by atoms with E-state index in [0.717, 1.165) is 34.6 Å². The Hall–Kier alpha value is -1.16. The van der Waals surface area contributed by atoms with Crippen molar-refractivity contribution in [3.8, 4) is 0 Å². The predicted octanol–water partition coefficient (Wildman–Crippen LogP) is 4.98. The summed E-state index contributed by atoms with van der Waals surface area (Å²) in [5.74, 6) is 0.581. The molecule has 2 aromatic rings. The summed E-state index contributed by atoms with van der Waals surface area (Å²) in [5.41, 5.74) is 1.84. The Morgan fingerprint density at radius 1 is 1.42 bits per heavy atom. The number of rotatable bonds is 2. The second-order valence-corrected chi connectivity index (χ2v) is 5.94. The Bertz CT molecular complexity index is 643. The van der Waals surface area contributed by atoms with Gasteiger partial charge in [-0.05, 0) is 49.2 Å². The van der Waals surface area contributed by atoms with E-state index in [-0.39, 0.29) is 5.82 Å². The number of aromatic nitrogens is 2. The van der Waals surface area contributed by atoms with Crippen LogP contribution in [0.4, 0.5) is 4.39 Å². The van der Waals surface area contributed by atoms with Gasteiger partial charge in [0.15, 0.2) is 4.77 Å². The Morgan fingerprint density at radius 3 is 3.05 bits per heavy atom. The van der Waals surface area contributed by atoms with Gasteiger partial charge in [-0.2, -0.15) is 0 Å². The van der Waals surface area contributed by atoms with E-state index in [1.807, 2.05) is 0 Å². The van der Waals surface area contributed by atoms with E-state index in [1.165, 1.54) is 25.3 Å². The van der Waals surface area contributed by atoms with Gasteiger partial charge in [0.1, 0.15) is 5.82 Å². The molecule has 2 unspecified atom stereocenters. The lowest BCUT2D eigenvalue weighted by Crippen LogP contribution is -2.19. The molecule has 0 spiro atoms. The summed E-state index contributed by atoms with van der Waals surface area (Å²) >= 11 is 5.44. The summed E-state index contributed by atoms with van der Waals surface area (Å²) in [6.45, 7) is 2.25. The van der Waals surface area contributed by atoms with Gasteiger partial charge in [0.2, 0.25) is 0 Å². The number of fused-ring (bicyclic) bond motifs is 1. The molecule has 1 fully saturated rings. The number of H-pyrrole nitrogens is 1. The standard InChI is InChI=1S/C15H19FN2S/c1-2-10-4-3-5-12(8-10)18-14-9-11(16)6-7-13(14)17-15(18)19/h6-7,9-10,12H,2-5,8H2,1H3,(H,17,19). The maximum absolute atomic E-state index is 13.5. The smallest absolute Gasteiger partial charge is 0.178 e. The summed E-state index contributed by atoms with van der Waals surface area (Å²) in [4.78, 5) is 3.20. The zero-order chi connectivity index (χ0) is 13.4. The molecule has 1 saturated carbocycles. The molecule has 1 N–H and O–H groups in total. The van der Waals surface area contributed by atoms with Crippen molar-refractivity contribution in [3.05, 3.63) is 28.8 Å². The lowest BCUT2D eigenvalue weighted by Gasteiger charge is -2.29. The molecule has 19 heavy (non-hydrogen) atoms. The van der Waals surface area contributed by atoms with Crippen LogP contribution in [0.5, 0.6) is 0 Å². The number of halogens is 1. The quantitative estimate of drug-likeness (QED) is 0.768. The van der Waals surface area contributed by atoms with Gasteiger partial charge in [-0.15, -0.1) is 0 Å². The number of hydrogen-bond donors (Lipinski definition) is 1. The van der Waals surface area contributed by atoms with Crippen LogP contribution in [-0.2, 0) is 0 Å². The van der Waals surface area contributed by atoms with E-state index in [0.29, 0.717) is 6.04 Å². The summed E-state index contributed by atoms with van der Waals surface area (Å²) < 4.78 is 16.3. The molecule has 2 nitrogen and oxygen atoms in total. The van der Waals surface area contributed by atoms with Crippen LogP contribution in [0.15, 0.2) is 18.2 Å². The van der Waals surface area contributed by atoms with Crippen molar-refractivity contribution in [2.75, 3.05) is 0 Å². The van der Waals surface area contributed by atoms with Crippen LogP contribution in [-0.4, -0.2) is 9.55 Å². The van der Waals surface area contributed by atoms with Crippen LogP contribution in [0.1, 0.15) is 45.1 Å². The van der Waals surface area contributed by atoms with Crippen molar-refractivity contribution >= 4 is 23.3 Å². The Morgan fingerprint density at radius 2 is 2.26 bits per heavy atom. The minimum absolute atomic E-state index is 0.196. The predicted molar refractivity (Wildman–Crippen MR) is 78.4 cm³/mol. The van der Waals surface area contributed by atoms with Gasteiger partial charge in [0.05, 0.1) is 11.0 Å². The van der Waals surface area contributed by atoms with Crippen LogP contribution in [0, 0.1) is 16.5 Å². The molecule has 1 heterocycles. The molecule has 0 radical (unpaired) electrons. The third-order valence-corrected chi connectivity index (χ3v) is 4.68. The van der Waals surface area contributed by atoms with Gasteiger partial charge in [-0.1, -0.05) is 26.2 Å². The van der Waals surface area contributed by atoms with Crippen molar-refractivity contribution < 1.29 is 4.39 Å². The van der Waals surface area contributed by atoms with Gasteiger partial charge in [0, 0.05) is 6.04 Å². The van der Waals surface area contributed by atoms with Crippen LogP contribution >= 0.6 is 12.2 Å². The SMILES string of the molecule is CCC1CCCC(n2c(=S)[nH]c3ccc(F)cc32)C1. The van der Waals surface area contributed by atoms with E-state index in [1.54, 1.807) is 12.1 Å². The first-order valence-electron chi connectivity index (χ1n) is 7.08. The van der Waals surface area contributed by atoms with Gasteiger partial charge in [0.25, 0.3) is 0 Å². The highest BCUT2D eigenvalue weighted by atomic mass is 32.1. The Balaban J connectivity index is 2.06. The number of nitrogens with one attached hydrogen (secondary N) is 1. The van der Waals surface area contributed by atoms with E-state index in [2.05, 4.69) is 16.5 Å². The normalized spacial score (nSPS) is 23.9. The summed E-state index contributed by atoms with van der Waals surface area (Å²) in [7, 11) is 0. The fourth-order valence-corrected chi connectivity index (χ4v) is 3.68. The molecule has 0 amide bonds. The summed E-state index contributed by atoms with van der Waals surface area (Å²) in [5, 5.41) is 0. The lowest BCUT2D eigenvalue weighted by molar-refractivity contribution is 0.263. The molecule has 1 aliphatic rings. The third kappa shape index (κ3) is 2.34. The lowest BCUT2D eigenvalue weighted by atomic mass is 9.84. The van der Waals surface area contributed by atoms with E-state index in [4.69, 9.17) is 12.2 Å². The maximum atomic E-state index is 13.5. The van der Waals surface area contributed by atoms with Gasteiger partial charge in [-0.3, -0.25) is 0 Å². The first-order chi connectivity index (χ1) is 9.19. The van der Waals surface area contributed by atoms with Crippen molar-refractivity contribution in [3.63, 3.8) is 0 Å². The Kier molecular flexibility index (Phi) is 3.44. The third-order valence-electron chi connectivity index (χ3n) is 4.38. The van der Waals surface area contributed by atoms with Crippen LogP contribution in [0.3, 0.4) is 0 Å². The number of nitrogens with zero attached hydrogens (tertiary/aromatic N) is 1. The first-order valence-corrected chi connectivity index (χ1v) is 7.49. The van der Waals surface area contributed by atoms with Gasteiger partial charge < -0.3 is 9.55 Å². The minimum Gasteiger partial charge on any atom is -0.331 e. The molecular weight excluding hydrogens is 259 g/mol. The largest absolute Gasteiger partial charge is 0.331 e. The van der Waals surface area contributed by atoms with Crippen LogP contribution in [0.2, 0.25) is 0 Å². The monoisotopic (exact) mass is 278 g/mol. The minimum atomic E-state index is -0.196. The molecule has 4 heteroatoms. The number of aromatic amines is 1. The highest BCUT2D eigenvalue weighted by molar-refractivity contribution is 7.71. The van der Waals surface area contributed by atoms with E-state index < -0.39 is 0 Å². The molecule has 0 bridgehead atoms. The second-order valence-electron chi connectivity index (χ2n) is 5.56. The molecular formula is C15H19FN2S. The van der Waals surface area contributed by atoms with Crippen molar-refractivity contribution in [2.45, 2.75) is 45.1 Å². The molecule has 1 aromatic heterocycles. The van der Waals surface area contributed by atoms with Crippen molar-refractivity contribution in [1.82, 2.24) is 9.55 Å². The molecule has 1 aliphatic carbocycles. The molecule has 3 rings (SSSR count). The number of imidazole rings is 1. The van der Waals surface area contributed by atoms with E-state index in [9.17, 15) is 4.39 Å². The molecule has 0 saturated heterocycles. The van der Waals surface area contributed by atoms with Crippen molar-refractivity contribution in [1.29, 1.82) is 0 Å². The fourth-order valence-electron chi connectivity index (χ4n) is 3.33. The number of hydrogen-bond acceptors (Lipinski definition) is 1. The topological polar surface area (TPSA) is 20.7 Å². The highest BCUT2D eigenvalue weighted by Gasteiger charge is 2.24. The Labute approximate surface area is 117 Å². The fraction of sp³-hybridized carbons (Fsp3) is 0.533. The number of benzene rings is 1.